The molecule has 22 heavy (non-hydrogen) atoms. The van der Waals surface area contributed by atoms with Gasteiger partial charge in [0.15, 0.2) is 0 Å². The number of carbonyl (C=O) groups is 2. The van der Waals surface area contributed by atoms with Crippen molar-refractivity contribution in [3.05, 3.63) is 42.0 Å². The second-order valence-electron chi connectivity index (χ2n) is 6.23. The lowest BCUT2D eigenvalue weighted by Crippen LogP contribution is -2.47. The van der Waals surface area contributed by atoms with E-state index in [1.54, 1.807) is 11.0 Å². The first-order valence-corrected chi connectivity index (χ1v) is 7.55. The molecule has 1 aromatic carbocycles. The van der Waals surface area contributed by atoms with Crippen LogP contribution in [0.2, 0.25) is 0 Å². The van der Waals surface area contributed by atoms with E-state index in [-0.39, 0.29) is 11.9 Å². The van der Waals surface area contributed by atoms with Gasteiger partial charge in [-0.05, 0) is 25.0 Å². The number of carbonyl (C=O) groups excluding carboxylic acids is 1. The molecule has 3 aliphatic rings. The highest BCUT2D eigenvalue weighted by atomic mass is 16.5. The Morgan fingerprint density at radius 3 is 2.59 bits per heavy atom. The molecule has 5 atom stereocenters. The fraction of sp³-hybridized carbons (Fsp3) is 0.412. The first kappa shape index (κ1) is 13.5. The monoisotopic (exact) mass is 299 g/mol. The van der Waals surface area contributed by atoms with Gasteiger partial charge in [0.1, 0.15) is 5.92 Å². The number of amides is 1. The molecule has 0 saturated carbocycles. The lowest BCUT2D eigenvalue weighted by atomic mass is 9.82. The van der Waals surface area contributed by atoms with Gasteiger partial charge in [-0.1, -0.05) is 30.4 Å². The average Bonchev–Trinajstić information content (AvgIpc) is 3.17. The van der Waals surface area contributed by atoms with Gasteiger partial charge < -0.3 is 14.7 Å². The summed E-state index contributed by atoms with van der Waals surface area (Å²) in [6.45, 7) is 2.00. The molecule has 5 nitrogen and oxygen atoms in total. The van der Waals surface area contributed by atoms with Crippen LogP contribution in [0.15, 0.2) is 36.4 Å². The highest BCUT2D eigenvalue weighted by Gasteiger charge is 2.55. The van der Waals surface area contributed by atoms with E-state index in [4.69, 9.17) is 4.74 Å². The number of aliphatic carboxylic acids is 1. The fourth-order valence-corrected chi connectivity index (χ4v) is 3.96. The molecule has 114 valence electrons. The smallest absolute Gasteiger partial charge is 0.310 e. The Labute approximate surface area is 128 Å². The number of ether oxygens (including phenoxy) is 1. The van der Waals surface area contributed by atoms with E-state index in [9.17, 15) is 14.7 Å². The van der Waals surface area contributed by atoms with Gasteiger partial charge in [0, 0.05) is 11.7 Å². The van der Waals surface area contributed by atoms with E-state index in [0.29, 0.717) is 0 Å². The predicted octanol–water partition coefficient (Wildman–Crippen LogP) is 1.62. The summed E-state index contributed by atoms with van der Waals surface area (Å²) in [5, 5.41) is 9.47. The van der Waals surface area contributed by atoms with Gasteiger partial charge in [-0.25, -0.2) is 0 Å². The Hall–Kier alpha value is -2.14. The van der Waals surface area contributed by atoms with Crippen molar-refractivity contribution in [3.63, 3.8) is 0 Å². The second kappa shape index (κ2) is 4.68. The molecule has 1 amide bonds. The molecule has 1 N–H and O–H groups in total. The maximum Gasteiger partial charge on any atom is 0.310 e. The van der Waals surface area contributed by atoms with Gasteiger partial charge in [-0.15, -0.1) is 0 Å². The first-order valence-electron chi connectivity index (χ1n) is 7.55. The minimum absolute atomic E-state index is 0.0439. The molecule has 4 rings (SSSR count). The SMILES string of the molecule is C[C@H]1Cc2ccccc2N1C(=O)[C@H]1[C@@H](C(=O)O)[C@@H]2C=C[C@@H]1O2. The summed E-state index contributed by atoms with van der Waals surface area (Å²) >= 11 is 0. The number of hydrogen-bond acceptors (Lipinski definition) is 3. The van der Waals surface area contributed by atoms with Gasteiger partial charge >= 0.3 is 5.97 Å². The van der Waals surface area contributed by atoms with Crippen molar-refractivity contribution in [1.29, 1.82) is 0 Å². The molecular weight excluding hydrogens is 282 g/mol. The van der Waals surface area contributed by atoms with Crippen LogP contribution in [0, 0.1) is 11.8 Å². The summed E-state index contributed by atoms with van der Waals surface area (Å²) in [6.07, 6.45) is 3.48. The number of carboxylic acid groups (broad SMARTS) is 1. The van der Waals surface area contributed by atoms with Crippen molar-refractivity contribution in [2.75, 3.05) is 4.90 Å². The largest absolute Gasteiger partial charge is 0.481 e. The fourth-order valence-electron chi connectivity index (χ4n) is 3.96. The van der Waals surface area contributed by atoms with Crippen molar-refractivity contribution in [3.8, 4) is 0 Å². The van der Waals surface area contributed by atoms with Crippen LogP contribution in [-0.4, -0.2) is 35.2 Å². The van der Waals surface area contributed by atoms with E-state index in [0.717, 1.165) is 17.7 Å². The molecule has 5 heteroatoms. The minimum Gasteiger partial charge on any atom is -0.481 e. The zero-order valence-corrected chi connectivity index (χ0v) is 12.2. The molecule has 0 spiro atoms. The highest BCUT2D eigenvalue weighted by Crippen LogP contribution is 2.43. The van der Waals surface area contributed by atoms with Gasteiger partial charge in [0.05, 0.1) is 18.1 Å². The van der Waals surface area contributed by atoms with E-state index >= 15 is 0 Å². The third-order valence-electron chi connectivity index (χ3n) is 4.91. The van der Waals surface area contributed by atoms with Crippen LogP contribution in [0.3, 0.4) is 0 Å². The third-order valence-corrected chi connectivity index (χ3v) is 4.91. The lowest BCUT2D eigenvalue weighted by molar-refractivity contribution is -0.146. The van der Waals surface area contributed by atoms with Crippen molar-refractivity contribution in [2.24, 2.45) is 11.8 Å². The molecular formula is C17H17NO4. The van der Waals surface area contributed by atoms with Gasteiger partial charge in [-0.3, -0.25) is 9.59 Å². The lowest BCUT2D eigenvalue weighted by Gasteiger charge is -2.29. The third kappa shape index (κ3) is 1.75. The van der Waals surface area contributed by atoms with Crippen LogP contribution in [0.4, 0.5) is 5.69 Å². The number of rotatable bonds is 2. The Kier molecular flexibility index (Phi) is 2.87. The molecule has 0 radical (unpaired) electrons. The standard InChI is InChI=1S/C17H17NO4/c1-9-8-10-4-2-3-5-11(10)18(9)16(19)14-12-6-7-13(22-12)15(14)17(20)21/h2-7,9,12-15H,8H2,1H3,(H,20,21)/t9-,12-,13-,14+,15-/m0/s1. The topological polar surface area (TPSA) is 66.8 Å². The molecule has 2 bridgehead atoms. The number of anilines is 1. The number of para-hydroxylation sites is 1. The normalized spacial score (nSPS) is 35.0. The Morgan fingerprint density at radius 2 is 1.86 bits per heavy atom. The number of benzene rings is 1. The zero-order chi connectivity index (χ0) is 15.4. The number of hydrogen-bond donors (Lipinski definition) is 1. The van der Waals surface area contributed by atoms with Crippen molar-refractivity contribution < 1.29 is 19.4 Å². The van der Waals surface area contributed by atoms with Crippen LogP contribution in [0.25, 0.3) is 0 Å². The van der Waals surface area contributed by atoms with Gasteiger partial charge in [0.25, 0.3) is 0 Å². The molecule has 1 fully saturated rings. The molecule has 0 unspecified atom stereocenters. The van der Waals surface area contributed by atoms with Crippen LogP contribution in [-0.2, 0) is 20.7 Å². The maximum atomic E-state index is 13.1. The number of nitrogens with zero attached hydrogens (tertiary/aromatic N) is 1. The van der Waals surface area contributed by atoms with Crippen LogP contribution in [0.5, 0.6) is 0 Å². The zero-order valence-electron chi connectivity index (χ0n) is 12.2. The van der Waals surface area contributed by atoms with Crippen molar-refractivity contribution >= 4 is 17.6 Å². The second-order valence-corrected chi connectivity index (χ2v) is 6.23. The van der Waals surface area contributed by atoms with E-state index < -0.39 is 30.0 Å². The van der Waals surface area contributed by atoms with E-state index in [1.165, 1.54) is 0 Å². The van der Waals surface area contributed by atoms with E-state index in [2.05, 4.69) is 0 Å². The molecule has 0 aliphatic carbocycles. The average molecular weight is 299 g/mol. The van der Waals surface area contributed by atoms with E-state index in [1.807, 2.05) is 37.3 Å². The molecule has 3 aliphatic heterocycles. The summed E-state index contributed by atoms with van der Waals surface area (Å²) in [6, 6.07) is 7.86. The summed E-state index contributed by atoms with van der Waals surface area (Å²) in [5.74, 6) is -2.53. The first-order chi connectivity index (χ1) is 10.6. The summed E-state index contributed by atoms with van der Waals surface area (Å²) in [4.78, 5) is 26.4. The Bertz CT molecular complexity index is 683. The predicted molar refractivity (Wildman–Crippen MR) is 79.5 cm³/mol. The Balaban J connectivity index is 1.70. The maximum absolute atomic E-state index is 13.1. The van der Waals surface area contributed by atoms with Gasteiger partial charge in [-0.2, -0.15) is 0 Å². The van der Waals surface area contributed by atoms with Crippen LogP contribution >= 0.6 is 0 Å². The van der Waals surface area contributed by atoms with Gasteiger partial charge in [0.2, 0.25) is 5.91 Å². The summed E-state index contributed by atoms with van der Waals surface area (Å²) in [7, 11) is 0. The minimum atomic E-state index is -0.963. The van der Waals surface area contributed by atoms with Crippen molar-refractivity contribution in [1.82, 2.24) is 0 Å². The quantitative estimate of drug-likeness (QED) is 0.843. The summed E-state index contributed by atoms with van der Waals surface area (Å²) < 4.78 is 5.62. The highest BCUT2D eigenvalue weighted by molar-refractivity contribution is 6.00. The Morgan fingerprint density at radius 1 is 1.18 bits per heavy atom. The molecule has 1 saturated heterocycles. The molecule has 3 heterocycles. The molecule has 0 aromatic heterocycles. The summed E-state index contributed by atoms with van der Waals surface area (Å²) in [5.41, 5.74) is 2.03. The number of carboxylic acids is 1. The molecule has 1 aromatic rings. The van der Waals surface area contributed by atoms with Crippen LogP contribution in [0.1, 0.15) is 12.5 Å². The number of fused-ring (bicyclic) bond motifs is 3. The van der Waals surface area contributed by atoms with Crippen molar-refractivity contribution in [2.45, 2.75) is 31.6 Å². The van der Waals surface area contributed by atoms with Crippen LogP contribution < -0.4 is 4.90 Å².